The predicted molar refractivity (Wildman–Crippen MR) is 73.7 cm³/mol. The van der Waals surface area contributed by atoms with E-state index in [9.17, 15) is 4.79 Å². The number of benzene rings is 1. The van der Waals surface area contributed by atoms with Crippen LogP contribution in [0.3, 0.4) is 0 Å². The molecule has 2 aromatic rings. The number of anilines is 1. The average Bonchev–Trinajstić information content (AvgIpc) is 3.13. The van der Waals surface area contributed by atoms with Crippen LogP contribution in [0.4, 0.5) is 5.69 Å². The molecule has 19 heavy (non-hydrogen) atoms. The number of amides is 1. The highest BCUT2D eigenvalue weighted by atomic mass is 16.2. The fraction of sp³-hybridized carbons (Fsp3) is 0.286. The molecule has 0 spiro atoms. The van der Waals surface area contributed by atoms with Crippen LogP contribution in [0.25, 0.3) is 11.3 Å². The fourth-order valence-corrected chi connectivity index (χ4v) is 2.29. The van der Waals surface area contributed by atoms with Crippen molar-refractivity contribution in [2.45, 2.75) is 18.9 Å². The Kier molecular flexibility index (Phi) is 3.29. The van der Waals surface area contributed by atoms with Gasteiger partial charge in [-0.05, 0) is 43.1 Å². The number of aromatic amines is 1. The van der Waals surface area contributed by atoms with Crippen molar-refractivity contribution in [3.8, 4) is 11.3 Å². The Morgan fingerprint density at radius 1 is 1.26 bits per heavy atom. The second-order valence-corrected chi connectivity index (χ2v) is 4.69. The van der Waals surface area contributed by atoms with Gasteiger partial charge in [0.05, 0.1) is 11.7 Å². The van der Waals surface area contributed by atoms with E-state index in [4.69, 9.17) is 0 Å². The number of aromatic nitrogens is 2. The first kappa shape index (κ1) is 11.9. The fourth-order valence-electron chi connectivity index (χ4n) is 2.29. The van der Waals surface area contributed by atoms with Crippen molar-refractivity contribution in [2.24, 2.45) is 0 Å². The van der Waals surface area contributed by atoms with Gasteiger partial charge in [-0.2, -0.15) is 5.10 Å². The first-order chi connectivity index (χ1) is 9.33. The van der Waals surface area contributed by atoms with Crippen molar-refractivity contribution >= 4 is 11.6 Å². The quantitative estimate of drug-likeness (QED) is 0.783. The molecule has 1 fully saturated rings. The molecule has 1 aromatic heterocycles. The van der Waals surface area contributed by atoms with Crippen LogP contribution in [-0.4, -0.2) is 28.7 Å². The summed E-state index contributed by atoms with van der Waals surface area (Å²) in [7, 11) is 0. The summed E-state index contributed by atoms with van der Waals surface area (Å²) < 4.78 is 0. The van der Waals surface area contributed by atoms with E-state index < -0.39 is 0 Å². The Bertz CT molecular complexity index is 541. The first-order valence-corrected chi connectivity index (χ1v) is 6.47. The van der Waals surface area contributed by atoms with Crippen LogP contribution in [0.1, 0.15) is 12.8 Å². The number of nitrogens with zero attached hydrogens (tertiary/aromatic N) is 1. The number of nitrogens with one attached hydrogen (secondary N) is 3. The number of hydrogen-bond acceptors (Lipinski definition) is 3. The lowest BCUT2D eigenvalue weighted by Gasteiger charge is -2.11. The van der Waals surface area contributed by atoms with E-state index in [-0.39, 0.29) is 11.9 Å². The van der Waals surface area contributed by atoms with Crippen molar-refractivity contribution in [2.75, 3.05) is 11.9 Å². The molecule has 5 nitrogen and oxygen atoms in total. The van der Waals surface area contributed by atoms with Crippen LogP contribution in [0, 0.1) is 0 Å². The van der Waals surface area contributed by atoms with Crippen molar-refractivity contribution in [3.63, 3.8) is 0 Å². The predicted octanol–water partition coefficient (Wildman–Crippen LogP) is 1.77. The highest BCUT2D eigenvalue weighted by molar-refractivity contribution is 5.95. The minimum absolute atomic E-state index is 0.0480. The number of carbonyl (C=O) groups excluding carboxylic acids is 1. The van der Waals surface area contributed by atoms with Gasteiger partial charge in [-0.25, -0.2) is 0 Å². The standard InChI is InChI=1S/C14H16N4O/c19-14(13-2-1-8-15-13)17-11-5-3-10(4-6-11)12-7-9-16-18-12/h3-7,9,13,15H,1-2,8H2,(H,16,18)(H,17,19). The SMILES string of the molecule is O=C(Nc1ccc(-c2ccn[nH]2)cc1)C1CCCN1. The highest BCUT2D eigenvalue weighted by Crippen LogP contribution is 2.19. The van der Waals surface area contributed by atoms with Crippen LogP contribution in [0.15, 0.2) is 36.5 Å². The summed E-state index contributed by atoms with van der Waals surface area (Å²) in [5.41, 5.74) is 2.84. The summed E-state index contributed by atoms with van der Waals surface area (Å²) in [6.45, 7) is 0.927. The average molecular weight is 256 g/mol. The highest BCUT2D eigenvalue weighted by Gasteiger charge is 2.21. The lowest BCUT2D eigenvalue weighted by Crippen LogP contribution is -2.35. The van der Waals surface area contributed by atoms with E-state index in [0.29, 0.717) is 0 Å². The number of carbonyl (C=O) groups is 1. The topological polar surface area (TPSA) is 69.8 Å². The molecular weight excluding hydrogens is 240 g/mol. The Hall–Kier alpha value is -2.14. The zero-order valence-corrected chi connectivity index (χ0v) is 10.5. The summed E-state index contributed by atoms with van der Waals surface area (Å²) in [5.74, 6) is 0.0480. The molecule has 3 rings (SSSR count). The second kappa shape index (κ2) is 5.24. The van der Waals surface area contributed by atoms with Gasteiger partial charge in [0, 0.05) is 11.9 Å². The lowest BCUT2D eigenvalue weighted by molar-refractivity contribution is -0.117. The third kappa shape index (κ3) is 2.66. The van der Waals surface area contributed by atoms with Crippen molar-refractivity contribution < 1.29 is 4.79 Å². The Morgan fingerprint density at radius 3 is 2.74 bits per heavy atom. The third-order valence-corrected chi connectivity index (χ3v) is 3.34. The van der Waals surface area contributed by atoms with Gasteiger partial charge in [-0.15, -0.1) is 0 Å². The molecule has 1 aliphatic heterocycles. The molecule has 3 N–H and O–H groups in total. The Balaban J connectivity index is 1.67. The molecule has 98 valence electrons. The van der Waals surface area contributed by atoms with E-state index >= 15 is 0 Å². The van der Waals surface area contributed by atoms with Crippen LogP contribution in [-0.2, 0) is 4.79 Å². The lowest BCUT2D eigenvalue weighted by atomic mass is 10.1. The van der Waals surface area contributed by atoms with Crippen molar-refractivity contribution in [3.05, 3.63) is 36.5 Å². The smallest absolute Gasteiger partial charge is 0.241 e. The number of H-pyrrole nitrogens is 1. The number of hydrogen-bond donors (Lipinski definition) is 3. The molecule has 2 heterocycles. The van der Waals surface area contributed by atoms with Gasteiger partial charge in [-0.1, -0.05) is 12.1 Å². The molecule has 0 aliphatic carbocycles. The summed E-state index contributed by atoms with van der Waals surface area (Å²) in [6.07, 6.45) is 3.70. The van der Waals surface area contributed by atoms with Crippen LogP contribution in [0.2, 0.25) is 0 Å². The molecular formula is C14H16N4O. The maximum Gasteiger partial charge on any atom is 0.241 e. The molecule has 1 amide bonds. The molecule has 1 aromatic carbocycles. The second-order valence-electron chi connectivity index (χ2n) is 4.69. The molecule has 5 heteroatoms. The van der Waals surface area contributed by atoms with Crippen LogP contribution < -0.4 is 10.6 Å². The molecule has 0 bridgehead atoms. The van der Waals surface area contributed by atoms with E-state index in [1.165, 1.54) is 0 Å². The van der Waals surface area contributed by atoms with Crippen LogP contribution >= 0.6 is 0 Å². The molecule has 1 atom stereocenters. The molecule has 1 aliphatic rings. The van der Waals surface area contributed by atoms with E-state index in [0.717, 1.165) is 36.3 Å². The zero-order valence-electron chi connectivity index (χ0n) is 10.5. The van der Waals surface area contributed by atoms with Gasteiger partial charge < -0.3 is 10.6 Å². The molecule has 1 saturated heterocycles. The van der Waals surface area contributed by atoms with Gasteiger partial charge >= 0.3 is 0 Å². The maximum atomic E-state index is 11.9. The third-order valence-electron chi connectivity index (χ3n) is 3.34. The largest absolute Gasteiger partial charge is 0.325 e. The summed E-state index contributed by atoms with van der Waals surface area (Å²) >= 11 is 0. The summed E-state index contributed by atoms with van der Waals surface area (Å²) in [5, 5.41) is 12.9. The molecule has 0 saturated carbocycles. The zero-order chi connectivity index (χ0) is 13.1. The van der Waals surface area contributed by atoms with E-state index in [1.807, 2.05) is 30.3 Å². The number of rotatable bonds is 3. The summed E-state index contributed by atoms with van der Waals surface area (Å²) in [6, 6.07) is 9.60. The minimum atomic E-state index is -0.0488. The monoisotopic (exact) mass is 256 g/mol. The van der Waals surface area contributed by atoms with E-state index in [1.54, 1.807) is 6.20 Å². The van der Waals surface area contributed by atoms with Gasteiger partial charge in [0.15, 0.2) is 0 Å². The van der Waals surface area contributed by atoms with Crippen molar-refractivity contribution in [1.82, 2.24) is 15.5 Å². The Labute approximate surface area is 111 Å². The maximum absolute atomic E-state index is 11.9. The van der Waals surface area contributed by atoms with E-state index in [2.05, 4.69) is 20.8 Å². The van der Waals surface area contributed by atoms with Gasteiger partial charge in [0.1, 0.15) is 0 Å². The van der Waals surface area contributed by atoms with Gasteiger partial charge in [0.2, 0.25) is 5.91 Å². The van der Waals surface area contributed by atoms with Crippen molar-refractivity contribution in [1.29, 1.82) is 0 Å². The molecule has 1 unspecified atom stereocenters. The summed E-state index contributed by atoms with van der Waals surface area (Å²) in [4.78, 5) is 11.9. The first-order valence-electron chi connectivity index (χ1n) is 6.47. The van der Waals surface area contributed by atoms with Gasteiger partial charge in [-0.3, -0.25) is 9.89 Å². The minimum Gasteiger partial charge on any atom is -0.325 e. The molecule has 0 radical (unpaired) electrons. The Morgan fingerprint density at radius 2 is 2.11 bits per heavy atom. The van der Waals surface area contributed by atoms with Crippen LogP contribution in [0.5, 0.6) is 0 Å². The van der Waals surface area contributed by atoms with Gasteiger partial charge in [0.25, 0.3) is 0 Å². The normalized spacial score (nSPS) is 18.4.